The minimum atomic E-state index is -0.597. The van der Waals surface area contributed by atoms with Crippen LogP contribution in [0.3, 0.4) is 0 Å². The summed E-state index contributed by atoms with van der Waals surface area (Å²) in [5, 5.41) is 11.0. The first-order valence-electron chi connectivity index (χ1n) is 23.1. The molecule has 6 heterocycles. The highest BCUT2D eigenvalue weighted by Gasteiger charge is 2.61. The molecule has 0 radical (unpaired) electrons. The number of carbonyl (C=O) groups excluding carboxylic acids is 2. The molecule has 8 aliphatic carbocycles. The lowest BCUT2D eigenvalue weighted by Crippen LogP contribution is -2.62. The van der Waals surface area contributed by atoms with E-state index in [1.54, 1.807) is 51.3 Å². The van der Waals surface area contributed by atoms with Crippen LogP contribution in [0, 0.1) is 43.4 Å². The van der Waals surface area contributed by atoms with Gasteiger partial charge in [-0.25, -0.2) is 29.1 Å². The van der Waals surface area contributed by atoms with E-state index in [9.17, 15) is 14.4 Å². The first-order chi connectivity index (χ1) is 31.8. The molecule has 4 N–H and O–H groups in total. The number of hydrogen-bond donors (Lipinski definition) is 3. The number of fused-ring (bicyclic) bond motifs is 3. The van der Waals surface area contributed by atoms with E-state index in [2.05, 4.69) is 25.7 Å². The molecule has 19 nitrogen and oxygen atoms in total. The number of aryl methyl sites for hydroxylation is 3. The van der Waals surface area contributed by atoms with Gasteiger partial charge in [0.25, 0.3) is 0 Å². The second-order valence-corrected chi connectivity index (χ2v) is 20.7. The van der Waals surface area contributed by atoms with Crippen LogP contribution in [0.5, 0.6) is 0 Å². The average molecular weight is 891 g/mol. The summed E-state index contributed by atoms with van der Waals surface area (Å²) in [5.41, 5.74) is 10.1. The fourth-order valence-corrected chi connectivity index (χ4v) is 14.3. The number of carbonyl (C=O) groups is 2. The lowest BCUT2D eigenvalue weighted by atomic mass is 9.51. The maximum absolute atomic E-state index is 15.2. The smallest absolute Gasteiger partial charge is 0.332 e. The second-order valence-electron chi connectivity index (χ2n) is 20.7. The molecule has 1 aromatic carbocycles. The molecule has 0 spiro atoms. The number of hydrogen-bond acceptors (Lipinski definition) is 13. The number of nitrogens with one attached hydrogen (secondary N) is 2. The van der Waals surface area contributed by atoms with Crippen LogP contribution in [-0.2, 0) is 34.4 Å². The van der Waals surface area contributed by atoms with E-state index in [0.717, 1.165) is 79.5 Å². The molecule has 15 rings (SSSR count). The van der Waals surface area contributed by atoms with Crippen LogP contribution < -0.4 is 27.7 Å². The molecule has 8 fully saturated rings. The standard InChI is InChI=1S/C47H50N14O5/c1-24-6-29(38(48)63)4-5-32(24)53-41-49-18-34-39(55-41)60(43(64)57(34)3)46-12-27-8-28(13-46)15-47(14-27,21-46)66-23-58-35-19-50-42(54-33-20-59-36(7-25(33)2)51-22-52-59)56-40(35)61(44(58)65)45-11-26-9-30(16-45)37(62)31(10-26)17-45/h4-7,18-20,22,26-28,30-31H,8-17,21,23H2,1-3H3,(H2,48,63)(H,49,53,55)(H,50,54,56). The number of anilines is 4. The van der Waals surface area contributed by atoms with E-state index >= 15 is 4.79 Å². The number of ether oxygens (including phenoxy) is 1. The predicted octanol–water partition coefficient (Wildman–Crippen LogP) is 5.11. The van der Waals surface area contributed by atoms with Crippen molar-refractivity contribution in [2.45, 2.75) is 108 Å². The van der Waals surface area contributed by atoms with Gasteiger partial charge in [0, 0.05) is 36.6 Å². The maximum Gasteiger partial charge on any atom is 0.332 e. The molecule has 8 bridgehead atoms. The van der Waals surface area contributed by atoms with Crippen molar-refractivity contribution >= 4 is 62.9 Å². The number of primary amides is 1. The van der Waals surface area contributed by atoms with Crippen molar-refractivity contribution in [1.82, 2.24) is 52.8 Å². The van der Waals surface area contributed by atoms with Crippen LogP contribution in [-0.4, -0.2) is 70.1 Å². The Balaban J connectivity index is 0.862. The Hall–Kier alpha value is -6.76. The van der Waals surface area contributed by atoms with Crippen LogP contribution in [0.1, 0.15) is 92.1 Å². The van der Waals surface area contributed by atoms with Gasteiger partial charge in [-0.2, -0.15) is 15.1 Å². The van der Waals surface area contributed by atoms with Crippen LogP contribution >= 0.6 is 0 Å². The van der Waals surface area contributed by atoms with E-state index in [4.69, 9.17) is 25.4 Å². The van der Waals surface area contributed by atoms with Crippen molar-refractivity contribution in [2.75, 3.05) is 10.6 Å². The number of amides is 1. The van der Waals surface area contributed by atoms with Crippen LogP contribution in [0.2, 0.25) is 0 Å². The largest absolute Gasteiger partial charge is 0.366 e. The van der Waals surface area contributed by atoms with Gasteiger partial charge in [0.2, 0.25) is 17.8 Å². The highest BCUT2D eigenvalue weighted by molar-refractivity contribution is 5.93. The third-order valence-electron chi connectivity index (χ3n) is 16.5. The third-order valence-corrected chi connectivity index (χ3v) is 16.5. The first kappa shape index (κ1) is 39.6. The van der Waals surface area contributed by atoms with E-state index in [-0.39, 0.29) is 29.9 Å². The zero-order valence-corrected chi connectivity index (χ0v) is 37.0. The molecule has 8 saturated carbocycles. The van der Waals surface area contributed by atoms with Gasteiger partial charge in [-0.05, 0) is 131 Å². The molecule has 338 valence electrons. The third kappa shape index (κ3) is 5.76. The number of benzene rings is 1. The molecule has 0 aliphatic heterocycles. The topological polar surface area (TPSA) is 229 Å². The Morgan fingerprint density at radius 2 is 1.42 bits per heavy atom. The summed E-state index contributed by atoms with van der Waals surface area (Å²) in [7, 11) is 1.76. The van der Waals surface area contributed by atoms with Crippen molar-refractivity contribution < 1.29 is 14.3 Å². The molecule has 4 unspecified atom stereocenters. The number of rotatable bonds is 10. The zero-order chi connectivity index (χ0) is 45.0. The van der Waals surface area contributed by atoms with Gasteiger partial charge in [0.1, 0.15) is 29.9 Å². The molecular formula is C47H50N14O5. The lowest BCUT2D eigenvalue weighted by molar-refractivity contribution is -0.202. The quantitative estimate of drug-likeness (QED) is 0.162. The predicted molar refractivity (Wildman–Crippen MR) is 242 cm³/mol. The van der Waals surface area contributed by atoms with E-state index in [1.807, 2.05) is 35.2 Å². The van der Waals surface area contributed by atoms with Crippen molar-refractivity contribution in [3.05, 3.63) is 86.8 Å². The summed E-state index contributed by atoms with van der Waals surface area (Å²) in [5.74, 6) is 1.45. The van der Waals surface area contributed by atoms with E-state index < -0.39 is 22.6 Å². The minimum absolute atomic E-state index is 0.00404. The van der Waals surface area contributed by atoms with Gasteiger partial charge in [-0.3, -0.25) is 27.9 Å². The summed E-state index contributed by atoms with van der Waals surface area (Å²) in [6.07, 6.45) is 15.6. The van der Waals surface area contributed by atoms with Crippen molar-refractivity contribution in [2.24, 2.45) is 42.4 Å². The Morgan fingerprint density at radius 1 is 0.773 bits per heavy atom. The van der Waals surface area contributed by atoms with Crippen LogP contribution in [0.4, 0.5) is 23.3 Å². The maximum atomic E-state index is 15.2. The summed E-state index contributed by atoms with van der Waals surface area (Å²) in [4.78, 5) is 78.7. The number of aromatic nitrogens is 11. The summed E-state index contributed by atoms with van der Waals surface area (Å²) in [6, 6.07) is 7.09. The van der Waals surface area contributed by atoms with Crippen molar-refractivity contribution in [3.63, 3.8) is 0 Å². The zero-order valence-electron chi connectivity index (χ0n) is 37.0. The van der Waals surface area contributed by atoms with Gasteiger partial charge < -0.3 is 21.1 Å². The highest BCUT2D eigenvalue weighted by Crippen LogP contribution is 2.62. The summed E-state index contributed by atoms with van der Waals surface area (Å²) >= 11 is 0. The number of imidazole rings is 2. The second kappa shape index (κ2) is 13.6. The molecule has 19 heteroatoms. The molecule has 7 aromatic rings. The van der Waals surface area contributed by atoms with Gasteiger partial charge in [-0.15, -0.1) is 0 Å². The summed E-state index contributed by atoms with van der Waals surface area (Å²) in [6.45, 7) is 3.86. The molecular weight excluding hydrogens is 841 g/mol. The number of Topliss-reactive ketones (excluding diaryl/α,β-unsaturated/α-hetero) is 1. The van der Waals surface area contributed by atoms with E-state index in [1.165, 1.54) is 6.33 Å². The number of pyridine rings is 1. The Morgan fingerprint density at radius 3 is 2.14 bits per heavy atom. The highest BCUT2D eigenvalue weighted by atomic mass is 16.5. The van der Waals surface area contributed by atoms with Crippen molar-refractivity contribution in [1.29, 1.82) is 0 Å². The molecule has 0 saturated heterocycles. The van der Waals surface area contributed by atoms with E-state index in [0.29, 0.717) is 82.6 Å². The molecule has 8 aliphatic rings. The molecule has 4 atom stereocenters. The van der Waals surface area contributed by atoms with Gasteiger partial charge in [0.05, 0.1) is 41.0 Å². The summed E-state index contributed by atoms with van der Waals surface area (Å²) < 4.78 is 16.0. The molecule has 66 heavy (non-hydrogen) atoms. The van der Waals surface area contributed by atoms with Crippen molar-refractivity contribution in [3.8, 4) is 0 Å². The Bertz CT molecular complexity index is 3350. The fourth-order valence-electron chi connectivity index (χ4n) is 14.3. The monoisotopic (exact) mass is 890 g/mol. The Labute approximate surface area is 376 Å². The van der Waals surface area contributed by atoms with Crippen LogP contribution in [0.25, 0.3) is 28.0 Å². The van der Waals surface area contributed by atoms with Gasteiger partial charge >= 0.3 is 11.4 Å². The lowest BCUT2D eigenvalue weighted by Gasteiger charge is -2.61. The molecule has 1 amide bonds. The van der Waals surface area contributed by atoms with Crippen LogP contribution in [0.15, 0.2) is 58.8 Å². The Kier molecular flexibility index (Phi) is 8.19. The normalized spacial score (nSPS) is 29.5. The van der Waals surface area contributed by atoms with Gasteiger partial charge in [-0.1, -0.05) is 0 Å². The first-order valence-corrected chi connectivity index (χ1v) is 23.1. The number of nitrogens with zero attached hydrogens (tertiary/aromatic N) is 11. The average Bonchev–Trinajstić information content (AvgIpc) is 3.92. The molecule has 6 aromatic heterocycles. The van der Waals surface area contributed by atoms with Gasteiger partial charge in [0.15, 0.2) is 16.9 Å². The SMILES string of the molecule is Cc1cc(C(N)=O)ccc1Nc1ncc2c(n1)n(C13CC4CC(CC(OCn5c(=O)n(C67CC8CC(C6)C(=O)C(C8)C7)c6nc(Nc7cn8ncnc8cc7C)ncc65)(C4)C1)C3)c(=O)n2C. The fraction of sp³-hybridized carbons (Fsp3) is 0.489. The number of nitrogens with two attached hydrogens (primary N) is 1. The number of ketones is 1. The minimum Gasteiger partial charge on any atom is -0.366 e.